The van der Waals surface area contributed by atoms with Gasteiger partial charge in [0.1, 0.15) is 0 Å². The monoisotopic (exact) mass is 190 g/mol. The highest BCUT2D eigenvalue weighted by atomic mass is 15.1. The van der Waals surface area contributed by atoms with Crippen LogP contribution in [0.3, 0.4) is 0 Å². The quantitative estimate of drug-likeness (QED) is 0.683. The standard InChI is InChI=1S/C12H18N2/c1-14(2)10-6-7-11-9(8-10)4-3-5-12(11)13/h3-5,10H,6-8,13H2,1-2H3. The van der Waals surface area contributed by atoms with E-state index in [9.17, 15) is 0 Å². The van der Waals surface area contributed by atoms with Crippen molar-refractivity contribution in [2.24, 2.45) is 0 Å². The molecule has 1 aliphatic rings. The number of anilines is 1. The smallest absolute Gasteiger partial charge is 0.0349 e. The van der Waals surface area contributed by atoms with Crippen LogP contribution in [0.2, 0.25) is 0 Å². The first kappa shape index (κ1) is 9.53. The molecular weight excluding hydrogens is 172 g/mol. The minimum atomic E-state index is 0.685. The van der Waals surface area contributed by atoms with Gasteiger partial charge in [0.15, 0.2) is 0 Å². The number of nitrogens with zero attached hydrogens (tertiary/aromatic N) is 1. The molecule has 0 aliphatic heterocycles. The van der Waals surface area contributed by atoms with Crippen molar-refractivity contribution in [3.63, 3.8) is 0 Å². The number of nitrogens with two attached hydrogens (primary N) is 1. The summed E-state index contributed by atoms with van der Waals surface area (Å²) in [6.07, 6.45) is 3.51. The Morgan fingerprint density at radius 2 is 2.14 bits per heavy atom. The Morgan fingerprint density at radius 3 is 2.86 bits per heavy atom. The first-order valence-corrected chi connectivity index (χ1v) is 5.21. The van der Waals surface area contributed by atoms with Gasteiger partial charge in [-0.25, -0.2) is 0 Å². The fourth-order valence-electron chi connectivity index (χ4n) is 2.26. The predicted octanol–water partition coefficient (Wildman–Crippen LogP) is 1.69. The average Bonchev–Trinajstić information content (AvgIpc) is 2.17. The lowest BCUT2D eigenvalue weighted by atomic mass is 9.87. The number of nitrogen functional groups attached to an aromatic ring is 1. The minimum Gasteiger partial charge on any atom is -0.398 e. The van der Waals surface area contributed by atoms with Crippen LogP contribution in [-0.2, 0) is 12.8 Å². The fourth-order valence-corrected chi connectivity index (χ4v) is 2.26. The SMILES string of the molecule is CN(C)C1CCc2c(N)cccc2C1. The molecule has 1 unspecified atom stereocenters. The third-order valence-corrected chi connectivity index (χ3v) is 3.22. The highest BCUT2D eigenvalue weighted by Gasteiger charge is 2.20. The maximum atomic E-state index is 5.95. The van der Waals surface area contributed by atoms with E-state index in [0.717, 1.165) is 18.5 Å². The summed E-state index contributed by atoms with van der Waals surface area (Å²) in [5.41, 5.74) is 9.74. The van der Waals surface area contributed by atoms with Gasteiger partial charge in [-0.15, -0.1) is 0 Å². The van der Waals surface area contributed by atoms with Crippen LogP contribution in [0.1, 0.15) is 17.5 Å². The van der Waals surface area contributed by atoms with Crippen molar-refractivity contribution in [3.8, 4) is 0 Å². The largest absolute Gasteiger partial charge is 0.398 e. The van der Waals surface area contributed by atoms with E-state index in [4.69, 9.17) is 5.73 Å². The highest BCUT2D eigenvalue weighted by Crippen LogP contribution is 2.27. The molecule has 0 amide bonds. The number of hydrogen-bond acceptors (Lipinski definition) is 2. The zero-order valence-electron chi connectivity index (χ0n) is 8.96. The van der Waals surface area contributed by atoms with E-state index in [1.165, 1.54) is 17.5 Å². The number of hydrogen-bond donors (Lipinski definition) is 1. The van der Waals surface area contributed by atoms with Gasteiger partial charge in [-0.05, 0) is 50.6 Å². The second kappa shape index (κ2) is 3.62. The summed E-state index contributed by atoms with van der Waals surface area (Å²) >= 11 is 0. The lowest BCUT2D eigenvalue weighted by Crippen LogP contribution is -2.33. The molecule has 76 valence electrons. The first-order chi connectivity index (χ1) is 6.68. The maximum Gasteiger partial charge on any atom is 0.0349 e. The third-order valence-electron chi connectivity index (χ3n) is 3.22. The van der Waals surface area contributed by atoms with Crippen LogP contribution in [0.25, 0.3) is 0 Å². The second-order valence-corrected chi connectivity index (χ2v) is 4.35. The molecule has 2 N–H and O–H groups in total. The van der Waals surface area contributed by atoms with Gasteiger partial charge in [0, 0.05) is 11.7 Å². The Morgan fingerprint density at radius 1 is 1.36 bits per heavy atom. The van der Waals surface area contributed by atoms with Crippen molar-refractivity contribution in [1.82, 2.24) is 4.90 Å². The molecule has 1 aliphatic carbocycles. The van der Waals surface area contributed by atoms with E-state index < -0.39 is 0 Å². The van der Waals surface area contributed by atoms with Gasteiger partial charge in [0.25, 0.3) is 0 Å². The molecular formula is C12H18N2. The van der Waals surface area contributed by atoms with Crippen molar-refractivity contribution < 1.29 is 0 Å². The molecule has 1 aromatic carbocycles. The molecule has 0 bridgehead atoms. The molecule has 2 heteroatoms. The average molecular weight is 190 g/mol. The van der Waals surface area contributed by atoms with Crippen molar-refractivity contribution in [1.29, 1.82) is 0 Å². The van der Waals surface area contributed by atoms with Crippen LogP contribution in [-0.4, -0.2) is 25.0 Å². The number of fused-ring (bicyclic) bond motifs is 1. The van der Waals surface area contributed by atoms with Gasteiger partial charge in [0.05, 0.1) is 0 Å². The van der Waals surface area contributed by atoms with Crippen molar-refractivity contribution in [3.05, 3.63) is 29.3 Å². The maximum absolute atomic E-state index is 5.95. The van der Waals surface area contributed by atoms with Gasteiger partial charge in [-0.2, -0.15) is 0 Å². The number of likely N-dealkylation sites (N-methyl/N-ethyl adjacent to an activating group) is 1. The number of benzene rings is 1. The first-order valence-electron chi connectivity index (χ1n) is 5.21. The molecule has 0 saturated carbocycles. The summed E-state index contributed by atoms with van der Waals surface area (Å²) in [6, 6.07) is 6.96. The highest BCUT2D eigenvalue weighted by molar-refractivity contribution is 5.52. The summed E-state index contributed by atoms with van der Waals surface area (Å²) in [4.78, 5) is 2.31. The Labute approximate surface area is 85.7 Å². The van der Waals surface area contributed by atoms with Crippen LogP contribution in [0, 0.1) is 0 Å². The molecule has 0 spiro atoms. The summed E-state index contributed by atoms with van der Waals surface area (Å²) in [6.45, 7) is 0. The van der Waals surface area contributed by atoms with Crippen LogP contribution in [0.5, 0.6) is 0 Å². The van der Waals surface area contributed by atoms with Crippen LogP contribution >= 0.6 is 0 Å². The minimum absolute atomic E-state index is 0.685. The molecule has 1 aromatic rings. The third kappa shape index (κ3) is 1.62. The normalized spacial score (nSPS) is 20.9. The zero-order valence-corrected chi connectivity index (χ0v) is 8.96. The molecule has 2 rings (SSSR count). The van der Waals surface area contributed by atoms with Crippen LogP contribution in [0.15, 0.2) is 18.2 Å². The fraction of sp³-hybridized carbons (Fsp3) is 0.500. The lowest BCUT2D eigenvalue weighted by Gasteiger charge is -2.30. The summed E-state index contributed by atoms with van der Waals surface area (Å²) in [5, 5.41) is 0. The summed E-state index contributed by atoms with van der Waals surface area (Å²) < 4.78 is 0. The van der Waals surface area contributed by atoms with Gasteiger partial charge in [-0.1, -0.05) is 12.1 Å². The molecule has 0 saturated heterocycles. The Balaban J connectivity index is 2.27. The van der Waals surface area contributed by atoms with Crippen molar-refractivity contribution in [2.45, 2.75) is 25.3 Å². The Hall–Kier alpha value is -1.02. The molecule has 0 heterocycles. The van der Waals surface area contributed by atoms with Gasteiger partial charge in [-0.3, -0.25) is 0 Å². The van der Waals surface area contributed by atoms with Crippen LogP contribution in [0.4, 0.5) is 5.69 Å². The molecule has 1 atom stereocenters. The molecule has 0 aromatic heterocycles. The molecule has 14 heavy (non-hydrogen) atoms. The van der Waals surface area contributed by atoms with Gasteiger partial charge < -0.3 is 10.6 Å². The summed E-state index contributed by atoms with van der Waals surface area (Å²) in [5.74, 6) is 0. The van der Waals surface area contributed by atoms with Gasteiger partial charge in [0.2, 0.25) is 0 Å². The van der Waals surface area contributed by atoms with Gasteiger partial charge >= 0.3 is 0 Å². The Kier molecular flexibility index (Phi) is 2.46. The predicted molar refractivity (Wildman–Crippen MR) is 60.4 cm³/mol. The molecule has 0 radical (unpaired) electrons. The van der Waals surface area contributed by atoms with E-state index in [1.54, 1.807) is 0 Å². The zero-order chi connectivity index (χ0) is 10.1. The van der Waals surface area contributed by atoms with E-state index in [2.05, 4.69) is 31.1 Å². The van der Waals surface area contributed by atoms with E-state index in [1.807, 2.05) is 6.07 Å². The van der Waals surface area contributed by atoms with Crippen LogP contribution < -0.4 is 5.73 Å². The second-order valence-electron chi connectivity index (χ2n) is 4.35. The molecule has 2 nitrogen and oxygen atoms in total. The van der Waals surface area contributed by atoms with E-state index in [0.29, 0.717) is 6.04 Å². The van der Waals surface area contributed by atoms with E-state index >= 15 is 0 Å². The van der Waals surface area contributed by atoms with E-state index in [-0.39, 0.29) is 0 Å². The van der Waals surface area contributed by atoms with Crippen molar-refractivity contribution in [2.75, 3.05) is 19.8 Å². The topological polar surface area (TPSA) is 29.3 Å². The summed E-state index contributed by atoms with van der Waals surface area (Å²) in [7, 11) is 4.31. The lowest BCUT2D eigenvalue weighted by molar-refractivity contribution is 0.268. The molecule has 0 fully saturated rings. The Bertz CT molecular complexity index is 331. The van der Waals surface area contributed by atoms with Crippen molar-refractivity contribution >= 4 is 5.69 Å². The number of rotatable bonds is 1.